The summed E-state index contributed by atoms with van der Waals surface area (Å²) < 4.78 is 0. The van der Waals surface area contributed by atoms with E-state index in [4.69, 9.17) is 10.8 Å². The second kappa shape index (κ2) is 3.52. The van der Waals surface area contributed by atoms with Gasteiger partial charge in [-0.2, -0.15) is 0 Å². The van der Waals surface area contributed by atoms with Gasteiger partial charge in [-0.3, -0.25) is 0 Å². The van der Waals surface area contributed by atoms with Crippen LogP contribution in [0.4, 0.5) is 0 Å². The molecular formula is C8H18N2O. The van der Waals surface area contributed by atoms with E-state index in [0.29, 0.717) is 19.1 Å². The molecule has 0 aromatic carbocycles. The van der Waals surface area contributed by atoms with Gasteiger partial charge in [0, 0.05) is 18.6 Å². The van der Waals surface area contributed by atoms with Crippen LogP contribution < -0.4 is 11.1 Å². The highest BCUT2D eigenvalue weighted by atomic mass is 16.3. The maximum absolute atomic E-state index is 8.89. The van der Waals surface area contributed by atoms with Crippen LogP contribution in [-0.4, -0.2) is 31.3 Å². The molecule has 3 nitrogen and oxygen atoms in total. The van der Waals surface area contributed by atoms with Gasteiger partial charge in [0.05, 0.1) is 0 Å². The second-order valence-corrected chi connectivity index (χ2v) is 3.43. The summed E-state index contributed by atoms with van der Waals surface area (Å²) in [4.78, 5) is 0. The molecule has 11 heavy (non-hydrogen) atoms. The Kier molecular flexibility index (Phi) is 2.87. The van der Waals surface area contributed by atoms with E-state index >= 15 is 0 Å². The van der Waals surface area contributed by atoms with Gasteiger partial charge in [0.1, 0.15) is 0 Å². The minimum Gasteiger partial charge on any atom is -0.396 e. The zero-order chi connectivity index (χ0) is 8.32. The Morgan fingerprint density at radius 1 is 1.73 bits per heavy atom. The summed E-state index contributed by atoms with van der Waals surface area (Å²) in [5.41, 5.74) is 5.85. The van der Waals surface area contributed by atoms with Crippen molar-refractivity contribution in [3.8, 4) is 0 Å². The van der Waals surface area contributed by atoms with Gasteiger partial charge in [0.15, 0.2) is 0 Å². The molecule has 0 bridgehead atoms. The third-order valence-corrected chi connectivity index (χ3v) is 2.71. The maximum Gasteiger partial charge on any atom is 0.0465 e. The Bertz CT molecular complexity index is 129. The second-order valence-electron chi connectivity index (χ2n) is 3.43. The van der Waals surface area contributed by atoms with Crippen molar-refractivity contribution in [1.29, 1.82) is 0 Å². The van der Waals surface area contributed by atoms with Crippen LogP contribution in [0.25, 0.3) is 0 Å². The predicted molar refractivity (Wildman–Crippen MR) is 45.2 cm³/mol. The first-order chi connectivity index (χ1) is 5.29. The van der Waals surface area contributed by atoms with Gasteiger partial charge in [-0.05, 0) is 25.4 Å². The predicted octanol–water partition coefficient (Wildman–Crippen LogP) is -0.447. The van der Waals surface area contributed by atoms with Gasteiger partial charge in [-0.15, -0.1) is 0 Å². The Labute approximate surface area is 68.0 Å². The van der Waals surface area contributed by atoms with E-state index in [0.717, 1.165) is 19.5 Å². The summed E-state index contributed by atoms with van der Waals surface area (Å²) in [6, 6.07) is 0. The molecule has 0 unspecified atom stereocenters. The lowest BCUT2D eigenvalue weighted by Gasteiger charge is -2.13. The number of hydrogen-bond donors (Lipinski definition) is 3. The first-order valence-electron chi connectivity index (χ1n) is 4.30. The number of nitrogens with one attached hydrogen (secondary N) is 1. The molecule has 66 valence electrons. The molecule has 0 saturated heterocycles. The summed E-state index contributed by atoms with van der Waals surface area (Å²) in [7, 11) is 0. The molecule has 0 radical (unpaired) electrons. The zero-order valence-corrected chi connectivity index (χ0v) is 7.14. The third-order valence-electron chi connectivity index (χ3n) is 2.71. The monoisotopic (exact) mass is 158 g/mol. The molecule has 1 fully saturated rings. The van der Waals surface area contributed by atoms with Gasteiger partial charge < -0.3 is 16.2 Å². The Balaban J connectivity index is 2.27. The first kappa shape index (κ1) is 8.97. The van der Waals surface area contributed by atoms with Gasteiger partial charge >= 0.3 is 0 Å². The van der Waals surface area contributed by atoms with Crippen molar-refractivity contribution in [3.05, 3.63) is 0 Å². The van der Waals surface area contributed by atoms with Crippen LogP contribution in [0.3, 0.4) is 0 Å². The van der Waals surface area contributed by atoms with Gasteiger partial charge in [-0.25, -0.2) is 0 Å². The Morgan fingerprint density at radius 3 is 2.82 bits per heavy atom. The fourth-order valence-corrected chi connectivity index (χ4v) is 1.60. The maximum atomic E-state index is 8.89. The molecular weight excluding hydrogens is 140 g/mol. The van der Waals surface area contributed by atoms with E-state index in [-0.39, 0.29) is 5.41 Å². The molecule has 1 rings (SSSR count). The molecule has 0 aromatic rings. The lowest BCUT2D eigenvalue weighted by molar-refractivity contribution is 0.248. The fourth-order valence-electron chi connectivity index (χ4n) is 1.60. The number of aliphatic hydroxyl groups excluding tert-OH is 1. The smallest absolute Gasteiger partial charge is 0.0465 e. The molecule has 0 aromatic heterocycles. The molecule has 0 amide bonds. The van der Waals surface area contributed by atoms with Crippen molar-refractivity contribution in [2.45, 2.75) is 13.3 Å². The normalized spacial score (nSPS) is 35.7. The van der Waals surface area contributed by atoms with Crippen molar-refractivity contribution in [2.24, 2.45) is 17.1 Å². The van der Waals surface area contributed by atoms with Gasteiger partial charge in [0.25, 0.3) is 0 Å². The summed E-state index contributed by atoms with van der Waals surface area (Å²) in [5, 5.41) is 12.2. The third kappa shape index (κ3) is 1.72. The first-order valence-corrected chi connectivity index (χ1v) is 4.30. The molecule has 1 aliphatic carbocycles. The summed E-state index contributed by atoms with van der Waals surface area (Å²) in [6.45, 7) is 5.03. The lowest BCUT2D eigenvalue weighted by atomic mass is 10.0. The largest absolute Gasteiger partial charge is 0.396 e. The van der Waals surface area contributed by atoms with E-state index < -0.39 is 0 Å². The van der Waals surface area contributed by atoms with Crippen molar-refractivity contribution >= 4 is 0 Å². The molecule has 0 spiro atoms. The zero-order valence-electron chi connectivity index (χ0n) is 7.14. The molecule has 4 N–H and O–H groups in total. The van der Waals surface area contributed by atoms with E-state index in [2.05, 4.69) is 12.2 Å². The molecule has 0 heterocycles. The van der Waals surface area contributed by atoms with Crippen LogP contribution in [0.2, 0.25) is 0 Å². The fraction of sp³-hybridized carbons (Fsp3) is 1.00. The van der Waals surface area contributed by atoms with E-state index in [1.807, 2.05) is 0 Å². The topological polar surface area (TPSA) is 58.3 Å². The van der Waals surface area contributed by atoms with Crippen molar-refractivity contribution in [1.82, 2.24) is 5.32 Å². The lowest BCUT2D eigenvalue weighted by Crippen LogP contribution is -2.31. The number of rotatable bonds is 5. The van der Waals surface area contributed by atoms with Crippen LogP contribution in [0.1, 0.15) is 13.3 Å². The Hall–Kier alpha value is -0.120. The average molecular weight is 158 g/mol. The van der Waals surface area contributed by atoms with Crippen LogP contribution >= 0.6 is 0 Å². The SMILES string of the molecule is CCNC[C@]1(CN)C[C@@H]1CO. The van der Waals surface area contributed by atoms with E-state index in [9.17, 15) is 0 Å². The van der Waals surface area contributed by atoms with Crippen molar-refractivity contribution in [2.75, 3.05) is 26.2 Å². The Morgan fingerprint density at radius 2 is 2.45 bits per heavy atom. The van der Waals surface area contributed by atoms with Crippen molar-refractivity contribution < 1.29 is 5.11 Å². The molecule has 0 aliphatic heterocycles. The molecule has 2 atom stereocenters. The minimum absolute atomic E-state index is 0.227. The standard InChI is InChI=1S/C8H18N2O/c1-2-10-6-8(5-9)3-7(8)4-11/h7,10-11H,2-6,9H2,1H3/t7-,8-/m1/s1. The molecule has 1 saturated carbocycles. The highest BCUT2D eigenvalue weighted by Gasteiger charge is 2.51. The van der Waals surface area contributed by atoms with Crippen LogP contribution in [-0.2, 0) is 0 Å². The van der Waals surface area contributed by atoms with Crippen molar-refractivity contribution in [3.63, 3.8) is 0 Å². The molecule has 3 heteroatoms. The van der Waals surface area contributed by atoms with Gasteiger partial charge in [-0.1, -0.05) is 6.92 Å². The average Bonchev–Trinajstić information content (AvgIpc) is 2.76. The van der Waals surface area contributed by atoms with E-state index in [1.165, 1.54) is 0 Å². The van der Waals surface area contributed by atoms with Crippen LogP contribution in [0.5, 0.6) is 0 Å². The van der Waals surface area contributed by atoms with Gasteiger partial charge in [0.2, 0.25) is 0 Å². The van der Waals surface area contributed by atoms with Crippen LogP contribution in [0.15, 0.2) is 0 Å². The molecule has 1 aliphatic rings. The van der Waals surface area contributed by atoms with E-state index in [1.54, 1.807) is 0 Å². The summed E-state index contributed by atoms with van der Waals surface area (Å²) >= 11 is 0. The quantitative estimate of drug-likeness (QED) is 0.508. The summed E-state index contributed by atoms with van der Waals surface area (Å²) in [5.74, 6) is 0.451. The number of aliphatic hydroxyl groups is 1. The number of nitrogens with two attached hydrogens (primary N) is 1. The minimum atomic E-state index is 0.227. The summed E-state index contributed by atoms with van der Waals surface area (Å²) in [6.07, 6.45) is 1.09. The highest BCUT2D eigenvalue weighted by Crippen LogP contribution is 2.50. The van der Waals surface area contributed by atoms with Crippen LogP contribution in [0, 0.1) is 11.3 Å². The number of hydrogen-bond acceptors (Lipinski definition) is 3. The highest BCUT2D eigenvalue weighted by molar-refractivity contribution is 5.03.